The van der Waals surface area contributed by atoms with E-state index in [1.165, 1.54) is 4.31 Å². The Hall–Kier alpha value is -0.310. The van der Waals surface area contributed by atoms with Crippen molar-refractivity contribution in [2.45, 2.75) is 44.1 Å². The zero-order chi connectivity index (χ0) is 15.7. The van der Waals surface area contributed by atoms with Gasteiger partial charge in [-0.3, -0.25) is 4.90 Å². The van der Waals surface area contributed by atoms with E-state index in [0.29, 0.717) is 19.4 Å². The molecule has 0 saturated carbocycles. The maximum Gasteiger partial charge on any atom is 0.250 e. The maximum atomic E-state index is 13.1. The van der Waals surface area contributed by atoms with E-state index < -0.39 is 21.5 Å². The van der Waals surface area contributed by atoms with E-state index in [1.807, 2.05) is 4.90 Å². The van der Waals surface area contributed by atoms with E-state index in [9.17, 15) is 22.3 Å². The first-order valence-electron chi connectivity index (χ1n) is 7.46. The van der Waals surface area contributed by atoms with E-state index in [2.05, 4.69) is 0 Å². The number of aliphatic hydroxyl groups is 1. The molecule has 0 aromatic heterocycles. The molecule has 1 N–H and O–H groups in total. The van der Waals surface area contributed by atoms with Gasteiger partial charge in [-0.25, -0.2) is 17.2 Å². The first-order chi connectivity index (χ1) is 9.66. The second-order valence-corrected chi connectivity index (χ2v) is 8.34. The molecule has 0 aliphatic carbocycles. The number of rotatable bonds is 5. The molecule has 0 amide bonds. The van der Waals surface area contributed by atoms with Gasteiger partial charge < -0.3 is 5.11 Å². The quantitative estimate of drug-likeness (QED) is 0.815. The molecular formula is C13H24F2N2O3S. The van der Waals surface area contributed by atoms with Gasteiger partial charge in [-0.05, 0) is 12.8 Å². The molecule has 0 spiro atoms. The minimum Gasteiger partial charge on any atom is -0.387 e. The highest BCUT2D eigenvalue weighted by atomic mass is 32.2. The summed E-state index contributed by atoms with van der Waals surface area (Å²) in [6, 6.07) is 0. The molecule has 8 heteroatoms. The monoisotopic (exact) mass is 326 g/mol. The van der Waals surface area contributed by atoms with Gasteiger partial charge >= 0.3 is 0 Å². The fraction of sp³-hybridized carbons (Fsp3) is 1.00. The highest BCUT2D eigenvalue weighted by Crippen LogP contribution is 2.30. The Bertz CT molecular complexity index is 462. The van der Waals surface area contributed by atoms with E-state index in [-0.39, 0.29) is 44.8 Å². The molecule has 124 valence electrons. The minimum atomic E-state index is -3.31. The Labute approximate surface area is 125 Å². The van der Waals surface area contributed by atoms with Crippen LogP contribution in [0.25, 0.3) is 0 Å². The van der Waals surface area contributed by atoms with Crippen LogP contribution in [-0.2, 0) is 10.0 Å². The summed E-state index contributed by atoms with van der Waals surface area (Å²) in [4.78, 5) is 1.81. The summed E-state index contributed by atoms with van der Waals surface area (Å²) >= 11 is 0. The van der Waals surface area contributed by atoms with Crippen LogP contribution >= 0.6 is 0 Å². The fourth-order valence-electron chi connectivity index (χ4n) is 3.03. The fourth-order valence-corrected chi connectivity index (χ4v) is 4.61. The van der Waals surface area contributed by atoms with Crippen molar-refractivity contribution in [2.24, 2.45) is 0 Å². The maximum absolute atomic E-state index is 13.1. The average Bonchev–Trinajstić information content (AvgIpc) is 2.76. The van der Waals surface area contributed by atoms with Crippen LogP contribution in [-0.4, -0.2) is 72.7 Å². The van der Waals surface area contributed by atoms with Crippen LogP contribution in [0.3, 0.4) is 0 Å². The van der Waals surface area contributed by atoms with Crippen molar-refractivity contribution in [3.8, 4) is 0 Å². The molecular weight excluding hydrogens is 302 g/mol. The molecule has 0 unspecified atom stereocenters. The van der Waals surface area contributed by atoms with E-state index >= 15 is 0 Å². The summed E-state index contributed by atoms with van der Waals surface area (Å²) in [6.45, 7) is 2.94. The smallest absolute Gasteiger partial charge is 0.250 e. The molecule has 0 radical (unpaired) electrons. The van der Waals surface area contributed by atoms with E-state index in [1.54, 1.807) is 6.92 Å². The second kappa shape index (κ2) is 6.06. The summed E-state index contributed by atoms with van der Waals surface area (Å²) in [5.41, 5.74) is -1.12. The zero-order valence-corrected chi connectivity index (χ0v) is 13.2. The van der Waals surface area contributed by atoms with Crippen LogP contribution in [0.4, 0.5) is 8.78 Å². The minimum absolute atomic E-state index is 0.0717. The lowest BCUT2D eigenvalue weighted by molar-refractivity contribution is -0.0716. The number of halogens is 2. The Kier molecular flexibility index (Phi) is 4.92. The molecule has 2 aliphatic rings. The van der Waals surface area contributed by atoms with Crippen molar-refractivity contribution in [2.75, 3.05) is 38.5 Å². The van der Waals surface area contributed by atoms with Gasteiger partial charge in [0.2, 0.25) is 10.0 Å². The lowest BCUT2D eigenvalue weighted by Crippen LogP contribution is -2.49. The van der Waals surface area contributed by atoms with Gasteiger partial charge in [0.15, 0.2) is 0 Å². The van der Waals surface area contributed by atoms with Crippen LogP contribution in [0.2, 0.25) is 0 Å². The highest BCUT2D eigenvalue weighted by Gasteiger charge is 2.43. The number of β-amino-alcohol motifs (C(OH)–C–C–N with tert-alkyl or cyclic N) is 1. The molecule has 2 rings (SSSR count). The van der Waals surface area contributed by atoms with Gasteiger partial charge in [-0.2, -0.15) is 4.31 Å². The third kappa shape index (κ3) is 4.34. The van der Waals surface area contributed by atoms with Crippen molar-refractivity contribution in [3.05, 3.63) is 0 Å². The number of nitrogens with zero attached hydrogens (tertiary/aromatic N) is 2. The Morgan fingerprint density at radius 1 is 1.14 bits per heavy atom. The molecule has 0 aromatic rings. The van der Waals surface area contributed by atoms with E-state index in [4.69, 9.17) is 0 Å². The lowest BCUT2D eigenvalue weighted by Gasteiger charge is -2.36. The number of alkyl halides is 2. The molecule has 2 heterocycles. The van der Waals surface area contributed by atoms with Crippen molar-refractivity contribution < 1.29 is 22.3 Å². The Balaban J connectivity index is 1.90. The summed E-state index contributed by atoms with van der Waals surface area (Å²) in [6.07, 6.45) is 0.517. The molecule has 2 saturated heterocycles. The van der Waals surface area contributed by atoms with Crippen molar-refractivity contribution in [1.82, 2.24) is 9.21 Å². The van der Waals surface area contributed by atoms with Gasteiger partial charge in [0.05, 0.1) is 11.4 Å². The number of hydrogen-bond donors (Lipinski definition) is 1. The molecule has 0 aromatic carbocycles. The topological polar surface area (TPSA) is 60.9 Å². The number of hydrogen-bond acceptors (Lipinski definition) is 4. The number of piperidine rings is 1. The number of sulfonamides is 1. The second-order valence-electron chi connectivity index (χ2n) is 6.26. The highest BCUT2D eigenvalue weighted by molar-refractivity contribution is 7.89. The normalized spacial score (nSPS) is 31.6. The summed E-state index contributed by atoms with van der Waals surface area (Å²) in [5, 5.41) is 10.5. The van der Waals surface area contributed by atoms with Gasteiger partial charge in [0.1, 0.15) is 0 Å². The predicted octanol–water partition coefficient (Wildman–Crippen LogP) is 0.894. The first-order valence-corrected chi connectivity index (χ1v) is 9.07. The third-order valence-corrected chi connectivity index (χ3v) is 6.28. The van der Waals surface area contributed by atoms with Crippen molar-refractivity contribution >= 4 is 10.0 Å². The van der Waals surface area contributed by atoms with Crippen LogP contribution in [0, 0.1) is 0 Å². The summed E-state index contributed by atoms with van der Waals surface area (Å²) < 4.78 is 51.6. The van der Waals surface area contributed by atoms with Gasteiger partial charge in [0, 0.05) is 45.6 Å². The molecule has 5 nitrogen and oxygen atoms in total. The van der Waals surface area contributed by atoms with Crippen LogP contribution in [0.5, 0.6) is 0 Å². The molecule has 1 atom stereocenters. The summed E-state index contributed by atoms with van der Waals surface area (Å²) in [5.74, 6) is -2.52. The molecule has 21 heavy (non-hydrogen) atoms. The lowest BCUT2D eigenvalue weighted by atomic mass is 10.00. The first kappa shape index (κ1) is 17.1. The van der Waals surface area contributed by atoms with Crippen molar-refractivity contribution in [3.63, 3.8) is 0 Å². The van der Waals surface area contributed by atoms with Gasteiger partial charge in [0.25, 0.3) is 5.92 Å². The Morgan fingerprint density at radius 2 is 1.76 bits per heavy atom. The van der Waals surface area contributed by atoms with Gasteiger partial charge in [-0.15, -0.1) is 0 Å². The standard InChI is InChI=1S/C13H24F2N2O3S/c1-2-9-21(19,20)17-8-3-12(18,11-17)10-16-6-4-13(14,15)5-7-16/h18H,2-11H2,1H3/t12-/m0/s1. The predicted molar refractivity (Wildman–Crippen MR) is 75.8 cm³/mol. The van der Waals surface area contributed by atoms with Crippen molar-refractivity contribution in [1.29, 1.82) is 0 Å². The Morgan fingerprint density at radius 3 is 2.33 bits per heavy atom. The van der Waals surface area contributed by atoms with Crippen LogP contribution in [0.15, 0.2) is 0 Å². The molecule has 2 fully saturated rings. The largest absolute Gasteiger partial charge is 0.387 e. The van der Waals surface area contributed by atoms with Gasteiger partial charge in [-0.1, -0.05) is 6.92 Å². The third-order valence-electron chi connectivity index (χ3n) is 4.26. The number of likely N-dealkylation sites (tertiary alicyclic amines) is 1. The zero-order valence-electron chi connectivity index (χ0n) is 12.4. The molecule has 2 aliphatic heterocycles. The summed E-state index contributed by atoms with van der Waals surface area (Å²) in [7, 11) is -3.31. The van der Waals surface area contributed by atoms with Crippen LogP contribution < -0.4 is 0 Å². The van der Waals surface area contributed by atoms with Crippen LogP contribution in [0.1, 0.15) is 32.6 Å². The SMILES string of the molecule is CCCS(=O)(=O)N1CC[C@](O)(CN2CCC(F)(F)CC2)C1. The van der Waals surface area contributed by atoms with E-state index in [0.717, 1.165) is 0 Å². The average molecular weight is 326 g/mol. The molecule has 0 bridgehead atoms.